The molecular formula is C95H154O16P2. The molecule has 0 aromatic carbocycles. The Hall–Kier alpha value is -5.87. The Morgan fingerprint density at radius 1 is 0.248 bits per heavy atom. The van der Waals surface area contributed by atoms with Crippen LogP contribution in [0.25, 0.3) is 0 Å². The van der Waals surface area contributed by atoms with Crippen LogP contribution in [0.3, 0.4) is 0 Å². The molecule has 640 valence electrons. The normalized spacial score (nSPS) is 14.9. The van der Waals surface area contributed by atoms with Crippen LogP contribution in [0.2, 0.25) is 0 Å². The van der Waals surface area contributed by atoms with Crippen LogP contribution in [0.1, 0.15) is 316 Å². The van der Waals surface area contributed by atoms with Crippen molar-refractivity contribution in [3.63, 3.8) is 0 Å². The van der Waals surface area contributed by atoms with Crippen LogP contribution in [0.4, 0.5) is 0 Å². The predicted molar refractivity (Wildman–Crippen MR) is 472 cm³/mol. The third-order valence-corrected chi connectivity index (χ3v) is 19.4. The van der Waals surface area contributed by atoms with Gasteiger partial charge in [0.15, 0.2) is 6.10 Å². The van der Waals surface area contributed by atoms with Gasteiger partial charge < -0.3 is 34.2 Å². The molecule has 0 saturated heterocycles. The van der Waals surface area contributed by atoms with Crippen LogP contribution in [0.15, 0.2) is 207 Å². The molecule has 5 unspecified atom stereocenters. The molecular weight excluding hydrogens is 1460 g/mol. The Balaban J connectivity index is 4.66. The number of aliphatic hydroxyl groups is 2. The summed E-state index contributed by atoms with van der Waals surface area (Å²) in [6, 6.07) is 0. The molecule has 4 N–H and O–H groups in total. The van der Waals surface area contributed by atoms with Gasteiger partial charge in [-0.3, -0.25) is 32.5 Å². The zero-order chi connectivity index (χ0) is 82.2. The third-order valence-electron chi connectivity index (χ3n) is 17.5. The van der Waals surface area contributed by atoms with Crippen LogP contribution < -0.4 is 0 Å². The molecule has 5 atom stereocenters. The van der Waals surface area contributed by atoms with Gasteiger partial charge in [-0.25, -0.2) is 9.13 Å². The predicted octanol–water partition coefficient (Wildman–Crippen LogP) is 26.4. The fraction of sp³-hybridized carbons (Fsp3) is 0.611. The molecule has 0 rings (SSSR count). The zero-order valence-corrected chi connectivity index (χ0v) is 72.0. The van der Waals surface area contributed by atoms with Gasteiger partial charge in [-0.1, -0.05) is 349 Å². The van der Waals surface area contributed by atoms with Crippen LogP contribution in [-0.4, -0.2) is 95.9 Å². The minimum atomic E-state index is -4.97. The number of hydrogen-bond donors (Lipinski definition) is 4. The zero-order valence-electron chi connectivity index (χ0n) is 70.2. The first-order valence-electron chi connectivity index (χ1n) is 43.4. The van der Waals surface area contributed by atoms with E-state index in [1.165, 1.54) is 83.5 Å². The summed E-state index contributed by atoms with van der Waals surface area (Å²) in [5.74, 6) is -1.69. The van der Waals surface area contributed by atoms with Crippen LogP contribution in [0, 0.1) is 0 Å². The van der Waals surface area contributed by atoms with Gasteiger partial charge >= 0.3 is 33.6 Å². The first-order chi connectivity index (χ1) is 55.2. The molecule has 0 heterocycles. The molecule has 0 amide bonds. The number of aliphatic hydroxyl groups excluding tert-OH is 2. The molecule has 0 aromatic heterocycles. The van der Waals surface area contributed by atoms with Crippen molar-refractivity contribution in [2.24, 2.45) is 0 Å². The number of phosphoric acid groups is 2. The van der Waals surface area contributed by atoms with Crippen molar-refractivity contribution in [2.45, 2.75) is 334 Å². The van der Waals surface area contributed by atoms with Crippen molar-refractivity contribution in [3.05, 3.63) is 207 Å². The van der Waals surface area contributed by atoms with Crippen molar-refractivity contribution >= 4 is 33.6 Å². The lowest BCUT2D eigenvalue weighted by molar-refractivity contribution is -0.161. The molecule has 18 heteroatoms. The average molecular weight is 1610 g/mol. The van der Waals surface area contributed by atoms with E-state index in [0.29, 0.717) is 25.7 Å². The molecule has 0 aliphatic heterocycles. The maximum Gasteiger partial charge on any atom is 0.472 e. The van der Waals surface area contributed by atoms with Crippen molar-refractivity contribution in [1.29, 1.82) is 0 Å². The molecule has 0 aliphatic carbocycles. The summed E-state index contributed by atoms with van der Waals surface area (Å²) in [4.78, 5) is 58.8. The lowest BCUT2D eigenvalue weighted by Crippen LogP contribution is -2.29. The topological polar surface area (TPSA) is 231 Å². The van der Waals surface area contributed by atoms with E-state index in [2.05, 4.69) is 209 Å². The average Bonchev–Trinajstić information content (AvgIpc) is 0.899. The van der Waals surface area contributed by atoms with E-state index < -0.39 is 91.5 Å². The van der Waals surface area contributed by atoms with Gasteiger partial charge in [0.1, 0.15) is 25.4 Å². The summed E-state index contributed by atoms with van der Waals surface area (Å²) in [7, 11) is -9.84. The summed E-state index contributed by atoms with van der Waals surface area (Å²) in [6.45, 7) is 2.24. The maximum atomic E-state index is 13.0. The number of hydrogen-bond acceptors (Lipinski definition) is 14. The number of ether oxygens (including phenoxy) is 3. The van der Waals surface area contributed by atoms with Crippen molar-refractivity contribution < 1.29 is 75.8 Å². The summed E-state index contributed by atoms with van der Waals surface area (Å²) >= 11 is 0. The Bertz CT molecular complexity index is 2880. The van der Waals surface area contributed by atoms with E-state index in [9.17, 15) is 43.5 Å². The monoisotopic (exact) mass is 1610 g/mol. The SMILES string of the molecule is CC/C=C\C/C=C\C/C=C\C/C=C\C/C=C\C/C=C\CCCCCCCCCCCCC(=O)OCC(O)COP(=O)(O)OCC(O)COP(=O)(O)OCC(COC(=O)CCCCCCCCCCCCCCC/C=C\C/C=C\C/C=C\C/C=C\C/C=C\CC)OC(=O)CC/C=C\C/C=C\C/C=C\C/C=C\C/C=C\C/C=C\CC. The minimum Gasteiger partial charge on any atom is -0.463 e. The largest absolute Gasteiger partial charge is 0.472 e. The highest BCUT2D eigenvalue weighted by molar-refractivity contribution is 7.47. The Labute approximate surface area is 686 Å². The molecule has 113 heavy (non-hydrogen) atoms. The van der Waals surface area contributed by atoms with Crippen molar-refractivity contribution in [1.82, 2.24) is 0 Å². The van der Waals surface area contributed by atoms with Gasteiger partial charge in [0.25, 0.3) is 0 Å². The van der Waals surface area contributed by atoms with Crippen LogP contribution in [0.5, 0.6) is 0 Å². The Morgan fingerprint density at radius 2 is 0.460 bits per heavy atom. The molecule has 16 nitrogen and oxygen atoms in total. The molecule has 0 saturated carbocycles. The molecule has 0 aromatic rings. The number of esters is 3. The highest BCUT2D eigenvalue weighted by Crippen LogP contribution is 2.45. The number of rotatable bonds is 80. The minimum absolute atomic E-state index is 0.0276. The van der Waals surface area contributed by atoms with Crippen molar-refractivity contribution in [3.8, 4) is 0 Å². The Kier molecular flexibility index (Phi) is 81.1. The lowest BCUT2D eigenvalue weighted by Gasteiger charge is -2.21. The second-order valence-electron chi connectivity index (χ2n) is 28.2. The highest BCUT2D eigenvalue weighted by atomic mass is 31.2. The lowest BCUT2D eigenvalue weighted by atomic mass is 10.0. The molecule has 0 spiro atoms. The van der Waals surface area contributed by atoms with Crippen LogP contribution in [-0.2, 0) is 55.8 Å². The first kappa shape index (κ1) is 107. The summed E-state index contributed by atoms with van der Waals surface area (Å²) < 4.78 is 61.2. The molecule has 0 aliphatic rings. The van der Waals surface area contributed by atoms with Crippen LogP contribution >= 0.6 is 15.6 Å². The van der Waals surface area contributed by atoms with E-state index >= 15 is 0 Å². The molecule has 0 bridgehead atoms. The van der Waals surface area contributed by atoms with E-state index in [-0.39, 0.29) is 19.3 Å². The second-order valence-corrected chi connectivity index (χ2v) is 31.1. The second kappa shape index (κ2) is 85.5. The van der Waals surface area contributed by atoms with Crippen molar-refractivity contribution in [2.75, 3.05) is 39.6 Å². The van der Waals surface area contributed by atoms with Gasteiger partial charge in [-0.2, -0.15) is 0 Å². The van der Waals surface area contributed by atoms with Gasteiger partial charge in [0.05, 0.1) is 26.4 Å². The number of carbonyl (C=O) groups is 3. The fourth-order valence-electron chi connectivity index (χ4n) is 11.0. The first-order valence-corrected chi connectivity index (χ1v) is 46.4. The quantitative estimate of drug-likeness (QED) is 0.0146. The van der Waals surface area contributed by atoms with Gasteiger partial charge in [-0.15, -0.1) is 0 Å². The summed E-state index contributed by atoms with van der Waals surface area (Å²) in [5.41, 5.74) is 0. The number of carbonyl (C=O) groups excluding carboxylic acids is 3. The fourth-order valence-corrected chi connectivity index (χ4v) is 12.6. The smallest absolute Gasteiger partial charge is 0.463 e. The molecule has 0 fully saturated rings. The van der Waals surface area contributed by atoms with Gasteiger partial charge in [0, 0.05) is 19.3 Å². The van der Waals surface area contributed by atoms with E-state index in [4.69, 9.17) is 32.3 Å². The molecule has 0 radical (unpaired) electrons. The number of allylic oxidation sites excluding steroid dienone is 34. The standard InChI is InChI=1S/C95H154O16P2/c1-4-7-10-13-16-19-22-25-28-31-34-36-38-40-42-44-46-48-50-52-55-57-60-63-66-69-72-75-78-81-93(98)105-84-90(96)85-107-112(101,102)108-86-91(97)87-109-113(103,104)110-89-92(111-95(100)83-80-77-74-71-68-65-62-59-54-33-30-27-24-21-18-15-12-9-6-3)88-106-94(99)82-79-76-73-70-67-64-61-58-56-53-51-49-47-45-43-41-39-37-35-32-29-26-23-20-17-14-11-8-5-2/h7-12,16-21,25-30,34-37,40-43,46,48,54,59,65,68,74,77,90-92,96-97H,4-6,13-15,22-24,31-33,38-39,44-45,47,49-53,55-58,60-64,66-67,69-73,75-76,78-89H2,1-3H3,(H,101,102)(H,103,104)/b10-7-,11-8-,12-9-,19-16-,20-17-,21-18-,28-25-,29-26-,30-27-,36-34-,37-35-,42-40-,43-41-,48-46-,59-54-,68-65-,77-74-. The van der Waals surface area contributed by atoms with Gasteiger partial charge in [-0.05, 0) is 154 Å². The van der Waals surface area contributed by atoms with E-state index in [1.54, 1.807) is 0 Å². The van der Waals surface area contributed by atoms with E-state index in [0.717, 1.165) is 167 Å². The van der Waals surface area contributed by atoms with E-state index in [1.807, 2.05) is 18.2 Å². The number of phosphoric ester groups is 2. The Morgan fingerprint density at radius 3 is 0.735 bits per heavy atom. The summed E-state index contributed by atoms with van der Waals surface area (Å²) in [5, 5.41) is 20.7. The highest BCUT2D eigenvalue weighted by Gasteiger charge is 2.29. The third kappa shape index (κ3) is 86.8. The maximum absolute atomic E-state index is 13.0. The van der Waals surface area contributed by atoms with Gasteiger partial charge in [0.2, 0.25) is 0 Å². The number of unbranched alkanes of at least 4 members (excludes halogenated alkanes) is 23. The summed E-state index contributed by atoms with van der Waals surface area (Å²) in [6.07, 6.45) is 115.